The minimum Gasteiger partial charge on any atom is -0.371 e. The third kappa shape index (κ3) is 7.45. The van der Waals surface area contributed by atoms with E-state index < -0.39 is 5.91 Å². The number of aromatic nitrogens is 3. The maximum absolute atomic E-state index is 6.00. The Bertz CT molecular complexity index is 522. The van der Waals surface area contributed by atoms with Gasteiger partial charge in [0.15, 0.2) is 0 Å². The summed E-state index contributed by atoms with van der Waals surface area (Å²) in [4.78, 5) is 13.2. The van der Waals surface area contributed by atoms with E-state index in [-0.39, 0.29) is 6.10 Å². The van der Waals surface area contributed by atoms with Crippen molar-refractivity contribution in [3.05, 3.63) is 0 Å². The molecule has 0 aromatic carbocycles. The average molecular weight is 417 g/mol. The predicted octanol–water partition coefficient (Wildman–Crippen LogP) is -1.06. The summed E-state index contributed by atoms with van der Waals surface area (Å²) >= 11 is 0. The van der Waals surface area contributed by atoms with Gasteiger partial charge in [-0.1, -0.05) is 0 Å². The highest BCUT2D eigenvalue weighted by Gasteiger charge is 2.42. The highest BCUT2D eigenvalue weighted by molar-refractivity contribution is 6.09. The average Bonchev–Trinajstić information content (AvgIpc) is 2.69. The summed E-state index contributed by atoms with van der Waals surface area (Å²) in [7, 11) is 0.917. The van der Waals surface area contributed by atoms with Crippen LogP contribution in [-0.2, 0) is 14.2 Å². The molecular weight excluding hydrogens is 380 g/mol. The lowest BCUT2D eigenvalue weighted by molar-refractivity contribution is -0.267. The summed E-state index contributed by atoms with van der Waals surface area (Å²) in [5.41, 5.74) is 11.1. The van der Waals surface area contributed by atoms with Crippen LogP contribution >= 0.6 is 0 Å². The van der Waals surface area contributed by atoms with Crippen LogP contribution in [0.2, 0.25) is 6.04 Å². The first-order chi connectivity index (χ1) is 13.6. The van der Waals surface area contributed by atoms with Crippen molar-refractivity contribution in [2.24, 2.45) is 11.5 Å². The zero-order valence-electron chi connectivity index (χ0n) is 17.5. The van der Waals surface area contributed by atoms with Crippen LogP contribution in [0, 0.1) is 0 Å². The topological polar surface area (TPSA) is 154 Å². The van der Waals surface area contributed by atoms with E-state index >= 15 is 0 Å². The maximum Gasteiger partial charge on any atom is 0.278 e. The van der Waals surface area contributed by atoms with Crippen molar-refractivity contribution in [2.75, 3.05) is 62.0 Å². The largest absolute Gasteiger partial charge is 0.371 e. The van der Waals surface area contributed by atoms with Gasteiger partial charge in [0.1, 0.15) is 6.10 Å². The van der Waals surface area contributed by atoms with E-state index in [1.807, 2.05) is 20.8 Å². The van der Waals surface area contributed by atoms with Crippen LogP contribution in [0.25, 0.3) is 0 Å². The van der Waals surface area contributed by atoms with E-state index in [0.29, 0.717) is 63.8 Å². The van der Waals surface area contributed by atoms with Crippen LogP contribution in [0.15, 0.2) is 0 Å². The highest BCUT2D eigenvalue weighted by atomic mass is 28.1. The van der Waals surface area contributed by atoms with Gasteiger partial charge >= 0.3 is 0 Å². The number of hydrogen-bond donors (Lipinski definition) is 5. The first kappa shape index (κ1) is 24.5. The van der Waals surface area contributed by atoms with E-state index in [9.17, 15) is 0 Å². The summed E-state index contributed by atoms with van der Waals surface area (Å²) in [5, 5.41) is 9.34. The number of ether oxygens (including phenoxy) is 3. The molecule has 0 amide bonds. The van der Waals surface area contributed by atoms with Crippen molar-refractivity contribution in [1.82, 2.24) is 15.0 Å². The number of nitrogens with one attached hydrogen (secondary N) is 3. The van der Waals surface area contributed by atoms with Crippen molar-refractivity contribution in [1.29, 1.82) is 0 Å². The molecule has 0 saturated heterocycles. The normalized spacial score (nSPS) is 12.8. The Labute approximate surface area is 170 Å². The fourth-order valence-electron chi connectivity index (χ4n) is 2.62. The van der Waals surface area contributed by atoms with Gasteiger partial charge in [0.2, 0.25) is 17.8 Å². The number of hydrogen-bond acceptors (Lipinski definition) is 11. The number of rotatable bonds is 16. The molecule has 0 aliphatic heterocycles. The third-order valence-electron chi connectivity index (χ3n) is 3.66. The Hall–Kier alpha value is -1.57. The van der Waals surface area contributed by atoms with Gasteiger partial charge in [0.25, 0.3) is 5.91 Å². The molecule has 0 bridgehead atoms. The lowest BCUT2D eigenvalue weighted by Crippen LogP contribution is -2.55. The van der Waals surface area contributed by atoms with Crippen molar-refractivity contribution >= 4 is 28.1 Å². The maximum atomic E-state index is 6.00. The Morgan fingerprint density at radius 2 is 1.39 bits per heavy atom. The quantitative estimate of drug-likeness (QED) is 0.165. The van der Waals surface area contributed by atoms with Gasteiger partial charge < -0.3 is 41.6 Å². The van der Waals surface area contributed by atoms with E-state index in [0.717, 1.165) is 16.3 Å². The predicted molar refractivity (Wildman–Crippen MR) is 115 cm³/mol. The summed E-state index contributed by atoms with van der Waals surface area (Å²) in [6.45, 7) is 9.12. The second kappa shape index (κ2) is 13.6. The molecule has 0 spiro atoms. The van der Waals surface area contributed by atoms with Crippen molar-refractivity contribution < 1.29 is 14.2 Å². The first-order valence-corrected chi connectivity index (χ1v) is 11.3. The summed E-state index contributed by atoms with van der Waals surface area (Å²) in [6.07, 6.45) is -0.304. The van der Waals surface area contributed by atoms with Gasteiger partial charge in [-0.3, -0.25) is 0 Å². The molecule has 11 nitrogen and oxygen atoms in total. The molecule has 0 saturated carbocycles. The lowest BCUT2D eigenvalue weighted by atomic mass is 10.2. The molecule has 0 fully saturated rings. The SMILES string of the molecule is CCOC(C[SiH3])C(Nc1nc(NCCN)nc(NCCN)n1)(OCC)OCC. The fraction of sp³-hybridized carbons (Fsp3) is 0.812. The van der Waals surface area contributed by atoms with Crippen LogP contribution in [-0.4, -0.2) is 83.2 Å². The number of nitrogens with two attached hydrogens (primary N) is 2. The minimum atomic E-state index is -1.20. The molecule has 1 rings (SSSR count). The van der Waals surface area contributed by atoms with Gasteiger partial charge in [-0.05, 0) is 26.8 Å². The van der Waals surface area contributed by atoms with Crippen LogP contribution in [0.4, 0.5) is 17.8 Å². The number of anilines is 3. The van der Waals surface area contributed by atoms with E-state index in [2.05, 4.69) is 30.9 Å². The Morgan fingerprint density at radius 3 is 1.79 bits per heavy atom. The summed E-state index contributed by atoms with van der Waals surface area (Å²) < 4.78 is 17.9. The van der Waals surface area contributed by atoms with Crippen LogP contribution in [0.3, 0.4) is 0 Å². The zero-order valence-corrected chi connectivity index (χ0v) is 19.5. The second-order valence-corrected chi connectivity index (χ2v) is 6.56. The van der Waals surface area contributed by atoms with Crippen LogP contribution < -0.4 is 27.4 Å². The van der Waals surface area contributed by atoms with E-state index in [1.165, 1.54) is 0 Å². The molecular formula is C16H36N8O3Si. The van der Waals surface area contributed by atoms with Gasteiger partial charge in [-0.2, -0.15) is 15.0 Å². The molecule has 162 valence electrons. The Morgan fingerprint density at radius 1 is 0.893 bits per heavy atom. The van der Waals surface area contributed by atoms with Gasteiger partial charge in [0, 0.05) is 56.2 Å². The van der Waals surface area contributed by atoms with Crippen LogP contribution in [0.5, 0.6) is 0 Å². The molecule has 1 aromatic heterocycles. The smallest absolute Gasteiger partial charge is 0.278 e. The monoisotopic (exact) mass is 416 g/mol. The molecule has 0 radical (unpaired) electrons. The van der Waals surface area contributed by atoms with Crippen LogP contribution in [0.1, 0.15) is 20.8 Å². The lowest BCUT2D eigenvalue weighted by Gasteiger charge is -2.39. The highest BCUT2D eigenvalue weighted by Crippen LogP contribution is 2.26. The van der Waals surface area contributed by atoms with Gasteiger partial charge in [-0.15, -0.1) is 0 Å². The fourth-order valence-corrected chi connectivity index (χ4v) is 3.39. The van der Waals surface area contributed by atoms with E-state index in [1.54, 1.807) is 0 Å². The third-order valence-corrected chi connectivity index (χ3v) is 4.40. The molecule has 0 aliphatic carbocycles. The molecule has 0 aliphatic rings. The molecule has 1 aromatic rings. The van der Waals surface area contributed by atoms with Crippen molar-refractivity contribution in [2.45, 2.75) is 38.8 Å². The molecule has 7 N–H and O–H groups in total. The summed E-state index contributed by atoms with van der Waals surface area (Å²) in [5.74, 6) is -0.110. The van der Waals surface area contributed by atoms with Crippen molar-refractivity contribution in [3.8, 4) is 0 Å². The van der Waals surface area contributed by atoms with E-state index in [4.69, 9.17) is 25.7 Å². The molecule has 1 atom stereocenters. The minimum absolute atomic E-state index is 0.302. The first-order valence-electron chi connectivity index (χ1n) is 9.90. The molecule has 1 heterocycles. The molecule has 1 unspecified atom stereocenters. The molecule has 28 heavy (non-hydrogen) atoms. The van der Waals surface area contributed by atoms with Gasteiger partial charge in [0.05, 0.1) is 0 Å². The number of nitrogens with zero attached hydrogens (tertiary/aromatic N) is 3. The summed E-state index contributed by atoms with van der Waals surface area (Å²) in [6, 6.07) is 0.808. The zero-order chi connectivity index (χ0) is 20.8. The molecule has 12 heteroatoms. The van der Waals surface area contributed by atoms with Crippen molar-refractivity contribution in [3.63, 3.8) is 0 Å². The Balaban J connectivity index is 3.25. The van der Waals surface area contributed by atoms with Gasteiger partial charge in [-0.25, -0.2) is 0 Å². The second-order valence-electron chi connectivity index (χ2n) is 5.75. The standard InChI is InChI=1S/C16H36N8O3Si/c1-4-25-12(11-28)16(26-5-2,27-6-3)24-15-22-13(19-9-7-17)21-14(23-15)20-10-8-18/h12H,4-11,17-18H2,1-3,28H3,(H3,19,20,21,22,23,24). The Kier molecular flexibility index (Phi) is 11.9.